The molecule has 0 saturated heterocycles. The molecule has 2 rings (SSSR count). The van der Waals surface area contributed by atoms with E-state index in [0.717, 1.165) is 5.56 Å². The molecule has 0 radical (unpaired) electrons. The molecule has 0 saturated carbocycles. The molecule has 5 nitrogen and oxygen atoms in total. The minimum Gasteiger partial charge on any atom is -0.467 e. The van der Waals surface area contributed by atoms with Gasteiger partial charge in [-0.15, -0.1) is 0 Å². The fourth-order valence-corrected chi connectivity index (χ4v) is 2.98. The molecule has 0 spiro atoms. The van der Waals surface area contributed by atoms with E-state index >= 15 is 0 Å². The van der Waals surface area contributed by atoms with Crippen molar-refractivity contribution in [2.45, 2.75) is 12.1 Å². The SMILES string of the molecule is COC(=O)[C@@](/C=C/I)(COCc1ccccc1)NC(=O)c1ccccc1. The van der Waals surface area contributed by atoms with Crippen molar-refractivity contribution < 1.29 is 19.1 Å². The highest BCUT2D eigenvalue weighted by atomic mass is 127. The molecule has 0 unspecified atom stereocenters. The smallest absolute Gasteiger partial charge is 0.338 e. The van der Waals surface area contributed by atoms with E-state index in [1.54, 1.807) is 34.4 Å². The summed E-state index contributed by atoms with van der Waals surface area (Å²) >= 11 is 1.99. The maximum atomic E-state index is 12.6. The molecule has 1 atom stereocenters. The maximum Gasteiger partial charge on any atom is 0.338 e. The molecule has 136 valence electrons. The minimum atomic E-state index is -1.41. The Labute approximate surface area is 166 Å². The Balaban J connectivity index is 2.17. The number of hydrogen-bond acceptors (Lipinski definition) is 4. The van der Waals surface area contributed by atoms with E-state index in [-0.39, 0.29) is 12.5 Å². The number of nitrogens with one attached hydrogen (secondary N) is 1. The van der Waals surface area contributed by atoms with Gasteiger partial charge in [0, 0.05) is 5.56 Å². The van der Waals surface area contributed by atoms with Crippen LogP contribution < -0.4 is 5.32 Å². The number of rotatable bonds is 8. The Morgan fingerprint density at radius 2 is 1.69 bits per heavy atom. The summed E-state index contributed by atoms with van der Waals surface area (Å²) in [6, 6.07) is 18.3. The van der Waals surface area contributed by atoms with Crippen LogP contribution in [0.2, 0.25) is 0 Å². The number of halogens is 1. The molecule has 0 aliphatic heterocycles. The highest BCUT2D eigenvalue weighted by molar-refractivity contribution is 14.1. The normalized spacial score (nSPS) is 13.2. The van der Waals surface area contributed by atoms with Gasteiger partial charge in [0.25, 0.3) is 5.91 Å². The van der Waals surface area contributed by atoms with E-state index in [0.29, 0.717) is 12.2 Å². The molecule has 0 aliphatic carbocycles. The Morgan fingerprint density at radius 3 is 2.27 bits per heavy atom. The van der Waals surface area contributed by atoms with Gasteiger partial charge in [-0.05, 0) is 27.9 Å². The molecule has 1 amide bonds. The van der Waals surface area contributed by atoms with Crippen LogP contribution in [0, 0.1) is 0 Å². The first-order valence-electron chi connectivity index (χ1n) is 7.97. The number of esters is 1. The number of carbonyl (C=O) groups excluding carboxylic acids is 2. The van der Waals surface area contributed by atoms with Gasteiger partial charge >= 0.3 is 5.97 Å². The zero-order valence-electron chi connectivity index (χ0n) is 14.4. The number of hydrogen-bond donors (Lipinski definition) is 1. The molecular formula is C20H20INO4. The van der Waals surface area contributed by atoms with Crippen molar-refractivity contribution in [2.75, 3.05) is 13.7 Å². The van der Waals surface area contributed by atoms with Crippen LogP contribution in [0.4, 0.5) is 0 Å². The summed E-state index contributed by atoms with van der Waals surface area (Å²) in [5.41, 5.74) is 0.0160. The van der Waals surface area contributed by atoms with Crippen LogP contribution in [0.3, 0.4) is 0 Å². The molecule has 1 N–H and O–H groups in total. The van der Waals surface area contributed by atoms with Crippen LogP contribution in [0.25, 0.3) is 0 Å². The zero-order valence-corrected chi connectivity index (χ0v) is 16.5. The Morgan fingerprint density at radius 1 is 1.08 bits per heavy atom. The van der Waals surface area contributed by atoms with Crippen LogP contribution in [0.15, 0.2) is 70.8 Å². The summed E-state index contributed by atoms with van der Waals surface area (Å²) in [5, 5.41) is 2.75. The lowest BCUT2D eigenvalue weighted by molar-refractivity contribution is -0.148. The van der Waals surface area contributed by atoms with Crippen molar-refractivity contribution >= 4 is 34.5 Å². The largest absolute Gasteiger partial charge is 0.467 e. The van der Waals surface area contributed by atoms with Gasteiger partial charge < -0.3 is 14.8 Å². The third kappa shape index (κ3) is 5.40. The number of benzene rings is 2. The number of carbonyl (C=O) groups is 2. The van der Waals surface area contributed by atoms with Gasteiger partial charge in [0.1, 0.15) is 0 Å². The maximum absolute atomic E-state index is 12.6. The van der Waals surface area contributed by atoms with Gasteiger partial charge in [0.15, 0.2) is 5.54 Å². The van der Waals surface area contributed by atoms with Crippen LogP contribution in [0.1, 0.15) is 15.9 Å². The number of amides is 1. The Bertz CT molecular complexity index is 749. The van der Waals surface area contributed by atoms with Crippen LogP contribution in [-0.4, -0.2) is 31.1 Å². The van der Waals surface area contributed by atoms with Crippen molar-refractivity contribution in [1.29, 1.82) is 0 Å². The standard InChI is InChI=1S/C20H20INO4/c1-25-19(24)20(12-13-21,15-26-14-16-8-4-2-5-9-16)22-18(23)17-10-6-3-7-11-17/h2-13H,14-15H2,1H3,(H,22,23)/b13-12+/t20-/m1/s1. The van der Waals surface area contributed by atoms with Crippen LogP contribution in [-0.2, 0) is 20.9 Å². The molecule has 6 heteroatoms. The van der Waals surface area contributed by atoms with Crippen molar-refractivity contribution in [3.05, 3.63) is 81.9 Å². The third-order valence-corrected chi connectivity index (χ3v) is 4.07. The fourth-order valence-electron chi connectivity index (χ4n) is 2.36. The van der Waals surface area contributed by atoms with Crippen molar-refractivity contribution in [3.8, 4) is 0 Å². The van der Waals surface area contributed by atoms with Crippen molar-refractivity contribution in [1.82, 2.24) is 5.32 Å². The highest BCUT2D eigenvalue weighted by Gasteiger charge is 2.39. The molecule has 0 aliphatic rings. The first kappa shape index (κ1) is 20.1. The first-order chi connectivity index (χ1) is 12.6. The molecule has 0 aromatic heterocycles. The van der Waals surface area contributed by atoms with E-state index in [2.05, 4.69) is 5.32 Å². The van der Waals surface area contributed by atoms with Crippen molar-refractivity contribution in [2.24, 2.45) is 0 Å². The monoisotopic (exact) mass is 465 g/mol. The van der Waals surface area contributed by atoms with Gasteiger partial charge in [0.2, 0.25) is 0 Å². The molecule has 2 aromatic carbocycles. The average molecular weight is 465 g/mol. The molecule has 2 aromatic rings. The highest BCUT2D eigenvalue weighted by Crippen LogP contribution is 2.15. The van der Waals surface area contributed by atoms with Gasteiger partial charge in [-0.25, -0.2) is 4.79 Å². The van der Waals surface area contributed by atoms with E-state index < -0.39 is 11.5 Å². The van der Waals surface area contributed by atoms with E-state index in [1.807, 2.05) is 59.0 Å². The third-order valence-electron chi connectivity index (χ3n) is 3.71. The topological polar surface area (TPSA) is 64.6 Å². The minimum absolute atomic E-state index is 0.0490. The predicted molar refractivity (Wildman–Crippen MR) is 108 cm³/mol. The molecule has 26 heavy (non-hydrogen) atoms. The molecule has 0 fully saturated rings. The number of ether oxygens (including phenoxy) is 2. The second-order valence-electron chi connectivity index (χ2n) is 5.55. The summed E-state index contributed by atoms with van der Waals surface area (Å²) in [6.07, 6.45) is 1.57. The molecular weight excluding hydrogens is 445 g/mol. The summed E-state index contributed by atoms with van der Waals surface area (Å²) in [4.78, 5) is 25.0. The van der Waals surface area contributed by atoms with Gasteiger partial charge in [0.05, 0.1) is 20.3 Å². The van der Waals surface area contributed by atoms with Gasteiger partial charge in [-0.2, -0.15) is 0 Å². The van der Waals surface area contributed by atoms with Crippen LogP contribution >= 0.6 is 22.6 Å². The lowest BCUT2D eigenvalue weighted by Crippen LogP contribution is -2.57. The zero-order chi connectivity index (χ0) is 18.8. The van der Waals surface area contributed by atoms with E-state index in [1.165, 1.54) is 7.11 Å². The average Bonchev–Trinajstić information content (AvgIpc) is 2.68. The lowest BCUT2D eigenvalue weighted by Gasteiger charge is -2.28. The summed E-state index contributed by atoms with van der Waals surface area (Å²) in [7, 11) is 1.28. The predicted octanol–water partition coefficient (Wildman–Crippen LogP) is 3.49. The molecule has 0 heterocycles. The van der Waals surface area contributed by atoms with E-state index in [4.69, 9.17) is 9.47 Å². The van der Waals surface area contributed by atoms with Crippen molar-refractivity contribution in [3.63, 3.8) is 0 Å². The second-order valence-corrected chi connectivity index (χ2v) is 6.27. The number of methoxy groups -OCH3 is 1. The summed E-state index contributed by atoms with van der Waals surface area (Å²) in [6.45, 7) is 0.266. The van der Waals surface area contributed by atoms with Crippen LogP contribution in [0.5, 0.6) is 0 Å². The van der Waals surface area contributed by atoms with Gasteiger partial charge in [-0.3, -0.25) is 4.79 Å². The Hall–Kier alpha value is -2.19. The Kier molecular flexibility index (Phi) is 7.80. The first-order valence-corrected chi connectivity index (χ1v) is 9.21. The van der Waals surface area contributed by atoms with Gasteiger partial charge in [-0.1, -0.05) is 71.1 Å². The quantitative estimate of drug-likeness (QED) is 0.479. The fraction of sp³-hybridized carbons (Fsp3) is 0.200. The molecule has 0 bridgehead atoms. The summed E-state index contributed by atoms with van der Waals surface area (Å²) < 4.78 is 12.3. The second kappa shape index (κ2) is 10.1. The van der Waals surface area contributed by atoms with E-state index in [9.17, 15) is 9.59 Å². The lowest BCUT2D eigenvalue weighted by atomic mass is 10.00. The summed E-state index contributed by atoms with van der Waals surface area (Å²) in [5.74, 6) is -0.975.